The summed E-state index contributed by atoms with van der Waals surface area (Å²) in [7, 11) is 0. The molecule has 0 unspecified atom stereocenters. The Morgan fingerprint density at radius 1 is 0.346 bits per heavy atom. The van der Waals surface area contributed by atoms with Crippen LogP contribution < -0.4 is 9.80 Å². The van der Waals surface area contributed by atoms with E-state index in [0.717, 1.165) is 119 Å². The van der Waals surface area contributed by atoms with E-state index < -0.39 is 34.3 Å². The lowest BCUT2D eigenvalue weighted by atomic mass is 9.55. The highest BCUT2D eigenvalue weighted by Crippen LogP contribution is 2.64. The van der Waals surface area contributed by atoms with Crippen LogP contribution in [-0.2, 0) is 23.2 Å². The maximum Gasteiger partial charge on any atom is 0.416 e. The number of fused-ring (bicyclic) bond motifs is 15. The quantitative estimate of drug-likeness (QED) is 0.153. The molecule has 0 amide bonds. The molecular weight excluding hydrogens is 1020 g/mol. The monoisotopic (exact) mass is 1070 g/mol. The van der Waals surface area contributed by atoms with E-state index in [1.165, 1.54) is 24.3 Å². The van der Waals surface area contributed by atoms with Crippen molar-refractivity contribution in [1.82, 2.24) is 0 Å². The Kier molecular flexibility index (Phi) is 10.6. The molecule has 0 saturated heterocycles. The molecule has 382 valence electrons. The van der Waals surface area contributed by atoms with Crippen molar-refractivity contribution in [1.29, 1.82) is 0 Å². The molecule has 78 heavy (non-hydrogen) atoms. The fourth-order valence-electron chi connectivity index (χ4n) is 12.9. The zero-order valence-electron chi connectivity index (χ0n) is 42.6. The maximum absolute atomic E-state index is 14.8. The Hall–Kier alpha value is -8.18. The van der Waals surface area contributed by atoms with Crippen LogP contribution in [0.3, 0.4) is 0 Å². The summed E-state index contributed by atoms with van der Waals surface area (Å²) < 4.78 is 93.0. The highest BCUT2D eigenvalue weighted by molar-refractivity contribution is 7.27. The molecule has 0 atom stereocenters. The van der Waals surface area contributed by atoms with Gasteiger partial charge in [0, 0.05) is 59.1 Å². The molecule has 14 rings (SSSR count). The summed E-state index contributed by atoms with van der Waals surface area (Å²) in [6.07, 6.45) is -9.22. The van der Waals surface area contributed by atoms with Crippen molar-refractivity contribution in [2.45, 2.75) is 50.9 Å². The first-order chi connectivity index (χ1) is 37.5. The minimum absolute atomic E-state index is 0.339. The Morgan fingerprint density at radius 3 is 1.12 bits per heavy atom. The van der Waals surface area contributed by atoms with Crippen molar-refractivity contribution in [3.63, 3.8) is 0 Å². The fraction of sp³-hybridized carbons (Fsp3) is 0.118. The minimum Gasteiger partial charge on any atom is -0.309 e. The normalized spacial score (nSPS) is 14.2. The Bertz CT molecular complexity index is 4180. The Labute approximate surface area is 454 Å². The number of anilines is 6. The van der Waals surface area contributed by atoms with Gasteiger partial charge in [-0.3, -0.25) is 0 Å². The van der Waals surface area contributed by atoms with E-state index in [-0.39, 0.29) is 0 Å². The number of thiophene rings is 2. The molecule has 0 N–H and O–H groups in total. The number of nitrogens with zero attached hydrogens (tertiary/aromatic N) is 2. The standard InChI is InChI=1S/C68H46F6N2S2/c1-39-15-9-21-47-49-23-13-29-59(63(49)77-61(39)47)75(43-19-11-17-41(35-43)67(69,70)71)45-31-33-53-51(37-45)52-38-46(32-34-54(52)66(53)57-27-7-5-25-55(57)65(3,4)56-26-6-8-28-58(56)66)76(44-20-12-18-42(36-44)68(72,73)74)60-30-14-24-50-48-22-10-16-40(2)62(48)78-64(50)60/h5-38H,1-4H3. The second-order valence-corrected chi connectivity index (χ2v) is 23.1. The minimum atomic E-state index is -4.61. The summed E-state index contributed by atoms with van der Waals surface area (Å²) in [5.74, 6) is 0. The lowest BCUT2D eigenvalue weighted by Crippen LogP contribution is -2.40. The van der Waals surface area contributed by atoms with E-state index in [4.69, 9.17) is 0 Å². The highest BCUT2D eigenvalue weighted by Gasteiger charge is 2.53. The van der Waals surface area contributed by atoms with Crippen LogP contribution >= 0.6 is 22.7 Å². The van der Waals surface area contributed by atoms with Gasteiger partial charge < -0.3 is 9.80 Å². The molecule has 2 heterocycles. The van der Waals surface area contributed by atoms with Gasteiger partial charge in [-0.1, -0.05) is 147 Å². The molecule has 0 bridgehead atoms. The number of alkyl halides is 6. The summed E-state index contributed by atoms with van der Waals surface area (Å²) in [5, 5.41) is 4.14. The predicted octanol–water partition coefficient (Wildman–Crippen LogP) is 21.0. The van der Waals surface area contributed by atoms with Crippen LogP contribution in [0, 0.1) is 13.8 Å². The summed E-state index contributed by atoms with van der Waals surface area (Å²) in [5.41, 5.74) is 11.0. The van der Waals surface area contributed by atoms with Gasteiger partial charge in [0.1, 0.15) is 0 Å². The van der Waals surface area contributed by atoms with Gasteiger partial charge in [-0.15, -0.1) is 22.7 Å². The Balaban J connectivity index is 1.08. The topological polar surface area (TPSA) is 6.48 Å². The van der Waals surface area contributed by atoms with Gasteiger partial charge in [0.25, 0.3) is 0 Å². The van der Waals surface area contributed by atoms with Gasteiger partial charge in [0.05, 0.1) is 37.3 Å². The smallest absolute Gasteiger partial charge is 0.309 e. The van der Waals surface area contributed by atoms with Crippen LogP contribution in [0.15, 0.2) is 206 Å². The summed E-state index contributed by atoms with van der Waals surface area (Å²) in [4.78, 5) is 3.89. The summed E-state index contributed by atoms with van der Waals surface area (Å²) >= 11 is 3.25. The summed E-state index contributed by atoms with van der Waals surface area (Å²) in [6.45, 7) is 8.66. The molecule has 0 fully saturated rings. The molecule has 0 saturated carbocycles. The van der Waals surface area contributed by atoms with Crippen molar-refractivity contribution in [3.8, 4) is 11.1 Å². The lowest BCUT2D eigenvalue weighted by Gasteiger charge is -2.46. The molecule has 0 radical (unpaired) electrons. The lowest BCUT2D eigenvalue weighted by molar-refractivity contribution is -0.138. The van der Waals surface area contributed by atoms with Crippen molar-refractivity contribution >= 4 is 97.1 Å². The van der Waals surface area contributed by atoms with Gasteiger partial charge in [-0.25, -0.2) is 0 Å². The van der Waals surface area contributed by atoms with Crippen LogP contribution in [0.2, 0.25) is 0 Å². The van der Waals surface area contributed by atoms with Crippen LogP contribution in [-0.4, -0.2) is 0 Å². The molecule has 2 nitrogen and oxygen atoms in total. The van der Waals surface area contributed by atoms with E-state index in [0.29, 0.717) is 22.7 Å². The third kappa shape index (κ3) is 7.01. The van der Waals surface area contributed by atoms with Gasteiger partial charge >= 0.3 is 12.4 Å². The first-order valence-electron chi connectivity index (χ1n) is 25.8. The summed E-state index contributed by atoms with van der Waals surface area (Å²) in [6, 6.07) is 65.2. The number of hydrogen-bond acceptors (Lipinski definition) is 4. The SMILES string of the molecule is Cc1cccc2c1sc1c(N(c3cccc(C(F)(F)F)c3)c3ccc4c(c3)-c3cc(N(c5cccc(C(F)(F)F)c5)c5cccc6c5sc5c(C)cccc56)ccc3C43c4ccccc4C(C)(C)c4ccccc43)cccc12. The largest absolute Gasteiger partial charge is 0.416 e. The average Bonchev–Trinajstić information content (AvgIpc) is 4.28. The van der Waals surface area contributed by atoms with Gasteiger partial charge in [-0.05, 0) is 142 Å². The zero-order chi connectivity index (χ0) is 53.6. The van der Waals surface area contributed by atoms with Gasteiger partial charge in [0.2, 0.25) is 0 Å². The van der Waals surface area contributed by atoms with Crippen molar-refractivity contribution in [3.05, 3.63) is 262 Å². The van der Waals surface area contributed by atoms with Crippen molar-refractivity contribution < 1.29 is 26.3 Å². The number of halogens is 6. The van der Waals surface area contributed by atoms with E-state index >= 15 is 0 Å². The number of hydrogen-bond donors (Lipinski definition) is 0. The molecular formula is C68H46F6N2S2. The highest BCUT2D eigenvalue weighted by atomic mass is 32.1. The average molecular weight is 1070 g/mol. The van der Waals surface area contributed by atoms with E-state index in [1.54, 1.807) is 34.8 Å². The molecule has 2 aromatic heterocycles. The van der Waals surface area contributed by atoms with E-state index in [2.05, 4.69) is 137 Å². The first kappa shape index (κ1) is 48.2. The maximum atomic E-state index is 14.8. The van der Waals surface area contributed by atoms with Crippen LogP contribution in [0.1, 0.15) is 69.5 Å². The van der Waals surface area contributed by atoms with Crippen LogP contribution in [0.4, 0.5) is 60.5 Å². The second kappa shape index (κ2) is 17.2. The number of aryl methyl sites for hydroxylation is 2. The predicted molar refractivity (Wildman–Crippen MR) is 310 cm³/mol. The fourth-order valence-corrected chi connectivity index (χ4v) is 15.5. The zero-order valence-corrected chi connectivity index (χ0v) is 44.2. The molecule has 0 aliphatic heterocycles. The van der Waals surface area contributed by atoms with Gasteiger partial charge in [0.15, 0.2) is 0 Å². The third-order valence-electron chi connectivity index (χ3n) is 16.4. The third-order valence-corrected chi connectivity index (χ3v) is 19.1. The molecule has 2 aliphatic carbocycles. The molecule has 1 spiro atoms. The Morgan fingerprint density at radius 2 is 0.705 bits per heavy atom. The first-order valence-corrected chi connectivity index (χ1v) is 27.4. The van der Waals surface area contributed by atoms with E-state index in [9.17, 15) is 26.3 Å². The van der Waals surface area contributed by atoms with Gasteiger partial charge in [-0.2, -0.15) is 26.3 Å². The molecule has 2 aliphatic rings. The van der Waals surface area contributed by atoms with Crippen molar-refractivity contribution in [2.24, 2.45) is 0 Å². The van der Waals surface area contributed by atoms with Crippen molar-refractivity contribution in [2.75, 3.05) is 9.80 Å². The number of benzene rings is 10. The van der Waals surface area contributed by atoms with Crippen LogP contribution in [0.25, 0.3) is 51.5 Å². The molecule has 10 aromatic carbocycles. The van der Waals surface area contributed by atoms with Crippen LogP contribution in [0.5, 0.6) is 0 Å². The van der Waals surface area contributed by atoms with E-state index in [1.807, 2.05) is 58.3 Å². The molecule has 12 aromatic rings. The number of rotatable bonds is 6. The molecule has 10 heteroatoms. The second-order valence-electron chi connectivity index (χ2n) is 21.1.